The third-order valence-corrected chi connectivity index (χ3v) is 5.90. The Hall–Kier alpha value is -0.900. The van der Waals surface area contributed by atoms with Crippen molar-refractivity contribution in [2.24, 2.45) is 0 Å². The van der Waals surface area contributed by atoms with Crippen LogP contribution >= 0.6 is 0 Å². The second-order valence-corrected chi connectivity index (χ2v) is 7.75. The van der Waals surface area contributed by atoms with E-state index in [9.17, 15) is 9.59 Å². The predicted molar refractivity (Wildman–Crippen MR) is 98.0 cm³/mol. The normalized spacial score (nSPS) is 20.9. The zero-order valence-corrected chi connectivity index (χ0v) is 15.6. The van der Waals surface area contributed by atoms with E-state index >= 15 is 0 Å². The summed E-state index contributed by atoms with van der Waals surface area (Å²) < 4.78 is 0. The van der Waals surface area contributed by atoms with Crippen molar-refractivity contribution < 1.29 is 9.59 Å². The van der Waals surface area contributed by atoms with Crippen LogP contribution < -0.4 is 5.32 Å². The minimum absolute atomic E-state index is 0.123. The highest BCUT2D eigenvalue weighted by Gasteiger charge is 2.40. The van der Waals surface area contributed by atoms with E-state index in [1.54, 1.807) is 0 Å². The smallest absolute Gasteiger partial charge is 0.287 e. The first-order chi connectivity index (χ1) is 11.7. The molecule has 1 N–H and O–H groups in total. The number of likely N-dealkylation sites (tertiary alicyclic amines) is 1. The molecule has 1 aliphatic carbocycles. The summed E-state index contributed by atoms with van der Waals surface area (Å²) in [4.78, 5) is 26.8. The van der Waals surface area contributed by atoms with E-state index in [1.807, 2.05) is 0 Å². The Labute approximate surface area is 147 Å². The molecule has 0 bridgehead atoms. The number of hydrogen-bond donors (Lipinski definition) is 1. The Morgan fingerprint density at radius 2 is 1.58 bits per heavy atom. The molecule has 0 atom stereocenters. The maximum absolute atomic E-state index is 12.2. The lowest BCUT2D eigenvalue weighted by Gasteiger charge is -2.43. The van der Waals surface area contributed by atoms with E-state index in [1.165, 1.54) is 64.2 Å². The Morgan fingerprint density at radius 1 is 0.917 bits per heavy atom. The molecule has 0 aromatic heterocycles. The summed E-state index contributed by atoms with van der Waals surface area (Å²) in [7, 11) is 0. The van der Waals surface area contributed by atoms with E-state index in [4.69, 9.17) is 0 Å². The van der Waals surface area contributed by atoms with Crippen LogP contribution in [0.1, 0.15) is 90.4 Å². The van der Waals surface area contributed by atoms with Crippen LogP contribution in [-0.2, 0) is 9.59 Å². The maximum Gasteiger partial charge on any atom is 0.287 e. The number of unbranched alkanes of at least 4 members (excludes halogenated alkanes) is 4. The van der Waals surface area contributed by atoms with Crippen molar-refractivity contribution >= 4 is 11.7 Å². The molecule has 1 saturated carbocycles. The number of amides is 1. The lowest BCUT2D eigenvalue weighted by atomic mass is 9.92. The molecule has 1 saturated heterocycles. The van der Waals surface area contributed by atoms with Gasteiger partial charge in [0.2, 0.25) is 5.78 Å². The van der Waals surface area contributed by atoms with Crippen molar-refractivity contribution in [3.05, 3.63) is 0 Å². The van der Waals surface area contributed by atoms with Crippen molar-refractivity contribution in [1.82, 2.24) is 10.2 Å². The Morgan fingerprint density at radius 3 is 2.25 bits per heavy atom. The molecule has 0 unspecified atom stereocenters. The summed E-state index contributed by atoms with van der Waals surface area (Å²) >= 11 is 0. The van der Waals surface area contributed by atoms with Gasteiger partial charge in [0.05, 0.1) is 0 Å². The molecule has 1 heterocycles. The molecule has 2 rings (SSSR count). The fourth-order valence-corrected chi connectivity index (χ4v) is 4.35. The van der Waals surface area contributed by atoms with Crippen LogP contribution in [0.4, 0.5) is 0 Å². The van der Waals surface area contributed by atoms with Gasteiger partial charge in [-0.1, -0.05) is 51.9 Å². The Bertz CT molecular complexity index is 396. The number of hydrogen-bond acceptors (Lipinski definition) is 3. The second kappa shape index (κ2) is 10.2. The van der Waals surface area contributed by atoms with E-state index in [0.717, 1.165) is 25.9 Å². The van der Waals surface area contributed by atoms with Crippen molar-refractivity contribution in [1.29, 1.82) is 0 Å². The van der Waals surface area contributed by atoms with Gasteiger partial charge in [0.1, 0.15) is 0 Å². The minimum Gasteiger partial charge on any atom is -0.348 e. The molecular formula is C20H36N2O2. The van der Waals surface area contributed by atoms with Crippen LogP contribution in [0.25, 0.3) is 0 Å². The summed E-state index contributed by atoms with van der Waals surface area (Å²) in [6, 6.07) is 0. The van der Waals surface area contributed by atoms with Crippen LogP contribution in [0.2, 0.25) is 0 Å². The van der Waals surface area contributed by atoms with Gasteiger partial charge in [0, 0.05) is 18.5 Å². The molecule has 4 nitrogen and oxygen atoms in total. The molecule has 138 valence electrons. The number of rotatable bonds is 10. The van der Waals surface area contributed by atoms with E-state index in [-0.39, 0.29) is 17.2 Å². The highest BCUT2D eigenvalue weighted by atomic mass is 16.2. The van der Waals surface area contributed by atoms with Crippen LogP contribution in [-0.4, -0.2) is 41.8 Å². The third kappa shape index (κ3) is 5.58. The number of piperidine rings is 1. The summed E-state index contributed by atoms with van der Waals surface area (Å²) in [6.45, 7) is 5.15. The average molecular weight is 337 g/mol. The van der Waals surface area contributed by atoms with Crippen molar-refractivity contribution in [2.45, 2.75) is 95.9 Å². The molecule has 0 aromatic carbocycles. The fourth-order valence-electron chi connectivity index (χ4n) is 4.35. The van der Waals surface area contributed by atoms with E-state index < -0.39 is 0 Å². The van der Waals surface area contributed by atoms with Gasteiger partial charge in [-0.2, -0.15) is 0 Å². The van der Waals surface area contributed by atoms with Crippen LogP contribution in [0, 0.1) is 0 Å². The van der Waals surface area contributed by atoms with Gasteiger partial charge in [0.15, 0.2) is 0 Å². The molecule has 0 radical (unpaired) electrons. The lowest BCUT2D eigenvalue weighted by Crippen LogP contribution is -2.56. The zero-order valence-electron chi connectivity index (χ0n) is 15.6. The molecule has 24 heavy (non-hydrogen) atoms. The van der Waals surface area contributed by atoms with Gasteiger partial charge in [-0.25, -0.2) is 0 Å². The lowest BCUT2D eigenvalue weighted by molar-refractivity contribution is -0.138. The van der Waals surface area contributed by atoms with Crippen molar-refractivity contribution in [3.63, 3.8) is 0 Å². The zero-order chi connectivity index (χ0) is 17.3. The summed E-state index contributed by atoms with van der Waals surface area (Å²) in [5.41, 5.74) is 0.123. The largest absolute Gasteiger partial charge is 0.348 e. The molecule has 0 aromatic rings. The quantitative estimate of drug-likeness (QED) is 0.487. The molecular weight excluding hydrogens is 300 g/mol. The first kappa shape index (κ1) is 19.4. The number of nitrogens with one attached hydrogen (secondary N) is 1. The highest BCUT2D eigenvalue weighted by Crippen LogP contribution is 2.36. The summed E-state index contributed by atoms with van der Waals surface area (Å²) in [6.07, 6.45) is 14.6. The molecule has 4 heteroatoms. The van der Waals surface area contributed by atoms with Gasteiger partial charge < -0.3 is 5.32 Å². The fraction of sp³-hybridized carbons (Fsp3) is 0.900. The van der Waals surface area contributed by atoms with E-state index in [2.05, 4.69) is 17.1 Å². The molecule has 2 aliphatic rings. The van der Waals surface area contributed by atoms with Gasteiger partial charge in [-0.3, -0.25) is 14.5 Å². The van der Waals surface area contributed by atoms with Gasteiger partial charge in [0.25, 0.3) is 5.91 Å². The number of ketones is 1. The van der Waals surface area contributed by atoms with Gasteiger partial charge >= 0.3 is 0 Å². The third-order valence-electron chi connectivity index (χ3n) is 5.90. The molecule has 0 spiro atoms. The Kier molecular flexibility index (Phi) is 8.23. The van der Waals surface area contributed by atoms with Gasteiger partial charge in [-0.15, -0.1) is 0 Å². The average Bonchev–Trinajstić information content (AvgIpc) is 3.10. The second-order valence-electron chi connectivity index (χ2n) is 7.75. The van der Waals surface area contributed by atoms with Crippen LogP contribution in [0.3, 0.4) is 0 Å². The number of carbonyl (C=O) groups excluding carboxylic acids is 2. The summed E-state index contributed by atoms with van der Waals surface area (Å²) in [5.74, 6) is -0.577. The topological polar surface area (TPSA) is 49.4 Å². The first-order valence-corrected chi connectivity index (χ1v) is 10.2. The minimum atomic E-state index is -0.353. The Balaban J connectivity index is 1.74. The SMILES string of the molecule is CCCCCCCC(=O)C(=O)NCC1(N2CCCCC2)CCCC1. The molecule has 1 aliphatic heterocycles. The molecule has 1 amide bonds. The number of nitrogens with zero attached hydrogens (tertiary/aromatic N) is 1. The van der Waals surface area contributed by atoms with E-state index in [0.29, 0.717) is 13.0 Å². The van der Waals surface area contributed by atoms with Crippen LogP contribution in [0.15, 0.2) is 0 Å². The van der Waals surface area contributed by atoms with Crippen molar-refractivity contribution in [3.8, 4) is 0 Å². The summed E-state index contributed by atoms with van der Waals surface area (Å²) in [5, 5.41) is 2.98. The molecule has 2 fully saturated rings. The maximum atomic E-state index is 12.2. The monoisotopic (exact) mass is 336 g/mol. The highest BCUT2D eigenvalue weighted by molar-refractivity contribution is 6.36. The number of carbonyl (C=O) groups is 2. The standard InChI is InChI=1S/C20H36N2O2/c1-2-3-4-5-7-12-18(23)19(24)21-17-20(13-8-9-14-20)22-15-10-6-11-16-22/h2-17H2,1H3,(H,21,24). The van der Waals surface area contributed by atoms with Gasteiger partial charge in [-0.05, 0) is 45.2 Å². The first-order valence-electron chi connectivity index (χ1n) is 10.2. The number of Topliss-reactive ketones (excluding diaryl/α,β-unsaturated/α-hetero) is 1. The van der Waals surface area contributed by atoms with Crippen LogP contribution in [0.5, 0.6) is 0 Å². The predicted octanol–water partition coefficient (Wildman–Crippen LogP) is 3.83. The van der Waals surface area contributed by atoms with Crippen molar-refractivity contribution in [2.75, 3.05) is 19.6 Å².